The topological polar surface area (TPSA) is 98.2 Å². The van der Waals surface area contributed by atoms with Gasteiger partial charge in [0.2, 0.25) is 5.65 Å². The number of phenols is 1. The second-order valence-electron chi connectivity index (χ2n) is 7.97. The molecule has 2 N–H and O–H groups in total. The molecule has 7 nitrogen and oxygen atoms in total. The molecule has 0 spiro atoms. The average molecular weight is 389 g/mol. The highest BCUT2D eigenvalue weighted by atomic mass is 16.4. The monoisotopic (exact) mass is 389 g/mol. The lowest BCUT2D eigenvalue weighted by molar-refractivity contribution is 0.181. The highest BCUT2D eigenvalue weighted by molar-refractivity contribution is 5.78. The van der Waals surface area contributed by atoms with Gasteiger partial charge in [0.05, 0.1) is 17.3 Å². The van der Waals surface area contributed by atoms with E-state index >= 15 is 0 Å². The summed E-state index contributed by atoms with van der Waals surface area (Å²) in [5.41, 5.74) is 3.55. The van der Waals surface area contributed by atoms with Crippen LogP contribution in [0.2, 0.25) is 0 Å². The van der Waals surface area contributed by atoms with Crippen LogP contribution in [0.25, 0.3) is 22.5 Å². The molecule has 2 aromatic heterocycles. The highest BCUT2D eigenvalue weighted by Crippen LogP contribution is 2.34. The number of rotatable bonds is 3. The highest BCUT2D eigenvalue weighted by Gasteiger charge is 2.35. The molecule has 0 saturated carbocycles. The Morgan fingerprint density at radius 3 is 2.83 bits per heavy atom. The lowest BCUT2D eigenvalue weighted by Crippen LogP contribution is -2.47. The quantitative estimate of drug-likeness (QED) is 0.703. The van der Waals surface area contributed by atoms with Crippen molar-refractivity contribution >= 4 is 17.2 Å². The van der Waals surface area contributed by atoms with E-state index in [1.807, 2.05) is 19.1 Å². The number of nitriles is 1. The number of aromatic hydroxyl groups is 1. The van der Waals surface area contributed by atoms with Crippen molar-refractivity contribution < 1.29 is 9.52 Å². The number of nitrogens with zero attached hydrogens (tertiary/aromatic N) is 4. The first-order valence-electron chi connectivity index (χ1n) is 10.1. The number of fused-ring (bicyclic) bond motifs is 2. The van der Waals surface area contributed by atoms with E-state index in [1.165, 1.54) is 38.4 Å². The fourth-order valence-corrected chi connectivity index (χ4v) is 4.80. The summed E-state index contributed by atoms with van der Waals surface area (Å²) in [5, 5.41) is 23.0. The summed E-state index contributed by atoms with van der Waals surface area (Å²) in [6, 6.07) is 10.3. The van der Waals surface area contributed by atoms with Gasteiger partial charge in [-0.2, -0.15) is 10.2 Å². The molecule has 148 valence electrons. The third-order valence-corrected chi connectivity index (χ3v) is 6.10. The third kappa shape index (κ3) is 3.19. The maximum Gasteiger partial charge on any atom is 0.297 e. The second-order valence-corrected chi connectivity index (χ2v) is 7.97. The van der Waals surface area contributed by atoms with Gasteiger partial charge in [-0.1, -0.05) is 0 Å². The van der Waals surface area contributed by atoms with Crippen LogP contribution in [0.3, 0.4) is 0 Å². The number of anilines is 1. The number of phenolic OH excluding ortho intramolecular Hbond substituents is 1. The zero-order chi connectivity index (χ0) is 20.0. The molecule has 1 aromatic carbocycles. The molecular weight excluding hydrogens is 366 g/mol. The molecule has 2 saturated heterocycles. The maximum absolute atomic E-state index is 10.4. The van der Waals surface area contributed by atoms with Gasteiger partial charge < -0.3 is 14.8 Å². The van der Waals surface area contributed by atoms with Crippen LogP contribution in [0.15, 0.2) is 28.7 Å². The Kier molecular flexibility index (Phi) is 4.36. The van der Waals surface area contributed by atoms with Crippen molar-refractivity contribution in [2.24, 2.45) is 0 Å². The predicted molar refractivity (Wildman–Crippen MR) is 110 cm³/mol. The summed E-state index contributed by atoms with van der Waals surface area (Å²) in [5.74, 6) is 0.0405. The van der Waals surface area contributed by atoms with Gasteiger partial charge in [0, 0.05) is 17.6 Å². The lowest BCUT2D eigenvalue weighted by Gasteiger charge is -2.36. The van der Waals surface area contributed by atoms with Crippen molar-refractivity contribution in [2.75, 3.05) is 18.4 Å². The number of oxazole rings is 1. The molecule has 3 aromatic rings. The summed E-state index contributed by atoms with van der Waals surface area (Å²) in [7, 11) is 0. The molecule has 0 aliphatic carbocycles. The van der Waals surface area contributed by atoms with Gasteiger partial charge in [0.1, 0.15) is 5.75 Å². The van der Waals surface area contributed by atoms with E-state index in [0.29, 0.717) is 46.1 Å². The number of pyridine rings is 1. The largest absolute Gasteiger partial charge is 0.507 e. The zero-order valence-electron chi connectivity index (χ0n) is 16.4. The van der Waals surface area contributed by atoms with Crippen molar-refractivity contribution in [1.82, 2.24) is 14.9 Å². The summed E-state index contributed by atoms with van der Waals surface area (Å²) < 4.78 is 5.90. The molecule has 2 aliphatic rings. The van der Waals surface area contributed by atoms with Crippen LogP contribution in [0, 0.1) is 18.3 Å². The molecule has 0 bridgehead atoms. The van der Waals surface area contributed by atoms with E-state index in [9.17, 15) is 5.11 Å². The normalized spacial score (nSPS) is 21.8. The fourth-order valence-electron chi connectivity index (χ4n) is 4.80. The van der Waals surface area contributed by atoms with Gasteiger partial charge in [-0.05, 0) is 75.5 Å². The Balaban J connectivity index is 1.44. The number of hydrogen-bond donors (Lipinski definition) is 2. The summed E-state index contributed by atoms with van der Waals surface area (Å²) >= 11 is 0. The number of piperidine rings is 1. The standard InChI is InChI=1S/C22H23N5O2/c1-13-10-14(12-23)11-18(28)20(13)16-6-7-19-21(24-16)26-22(29-19)25-15-4-2-8-27-9-3-5-17(15)27/h6-7,10-11,15,17,28H,2-5,8-9H2,1H3,(H,24,25,26)/t15-,17-/m0/s1. The van der Waals surface area contributed by atoms with Crippen LogP contribution >= 0.6 is 0 Å². The molecule has 29 heavy (non-hydrogen) atoms. The van der Waals surface area contributed by atoms with Crippen LogP contribution in [0.4, 0.5) is 6.01 Å². The van der Waals surface area contributed by atoms with E-state index < -0.39 is 0 Å². The maximum atomic E-state index is 10.4. The van der Waals surface area contributed by atoms with Crippen LogP contribution < -0.4 is 5.32 Å². The minimum absolute atomic E-state index is 0.0405. The van der Waals surface area contributed by atoms with Gasteiger partial charge in [0.25, 0.3) is 6.01 Å². The second kappa shape index (κ2) is 7.05. The molecular formula is C22H23N5O2. The Bertz CT molecular complexity index is 1090. The Hall–Kier alpha value is -3.11. The first-order chi connectivity index (χ1) is 14.1. The zero-order valence-corrected chi connectivity index (χ0v) is 16.4. The van der Waals surface area contributed by atoms with Gasteiger partial charge in [0.15, 0.2) is 5.58 Å². The number of aryl methyl sites for hydroxylation is 1. The summed E-state index contributed by atoms with van der Waals surface area (Å²) in [6.45, 7) is 4.23. The molecule has 4 heterocycles. The smallest absolute Gasteiger partial charge is 0.297 e. The van der Waals surface area contributed by atoms with Gasteiger partial charge in [-0.3, -0.25) is 4.90 Å². The minimum atomic E-state index is 0.0405. The number of benzene rings is 1. The van der Waals surface area contributed by atoms with Gasteiger partial charge in [-0.15, -0.1) is 0 Å². The van der Waals surface area contributed by atoms with E-state index in [2.05, 4.69) is 26.3 Å². The average Bonchev–Trinajstić information content (AvgIpc) is 3.34. The van der Waals surface area contributed by atoms with Crippen LogP contribution in [0.1, 0.15) is 36.8 Å². The van der Waals surface area contributed by atoms with Crippen molar-refractivity contribution in [2.45, 2.75) is 44.7 Å². The molecule has 5 rings (SSSR count). The summed E-state index contributed by atoms with van der Waals surface area (Å²) in [6.07, 6.45) is 4.79. The van der Waals surface area contributed by atoms with E-state index in [-0.39, 0.29) is 5.75 Å². The summed E-state index contributed by atoms with van der Waals surface area (Å²) in [4.78, 5) is 11.7. The van der Waals surface area contributed by atoms with Gasteiger partial charge >= 0.3 is 0 Å². The molecule has 0 unspecified atom stereocenters. The van der Waals surface area contributed by atoms with E-state index in [1.54, 1.807) is 6.07 Å². The first kappa shape index (κ1) is 18.0. The van der Waals surface area contributed by atoms with Crippen LogP contribution in [-0.2, 0) is 0 Å². The van der Waals surface area contributed by atoms with Crippen LogP contribution in [0.5, 0.6) is 5.75 Å². The molecule has 0 amide bonds. The number of hydrogen-bond acceptors (Lipinski definition) is 7. The molecule has 7 heteroatoms. The first-order valence-corrected chi connectivity index (χ1v) is 10.1. The Morgan fingerprint density at radius 2 is 2.03 bits per heavy atom. The number of nitrogens with one attached hydrogen (secondary N) is 1. The SMILES string of the molecule is Cc1cc(C#N)cc(O)c1-c1ccc2oc(N[C@H]3CCCN4CCC[C@@H]34)nc2n1. The van der Waals surface area contributed by atoms with Crippen molar-refractivity contribution in [3.63, 3.8) is 0 Å². The van der Waals surface area contributed by atoms with E-state index in [4.69, 9.17) is 9.68 Å². The van der Waals surface area contributed by atoms with Crippen LogP contribution in [-0.4, -0.2) is 45.1 Å². The van der Waals surface area contributed by atoms with Crippen molar-refractivity contribution in [3.05, 3.63) is 35.4 Å². The predicted octanol–water partition coefficient (Wildman–Crippen LogP) is 3.81. The van der Waals surface area contributed by atoms with E-state index in [0.717, 1.165) is 12.0 Å². The Morgan fingerprint density at radius 1 is 1.21 bits per heavy atom. The third-order valence-electron chi connectivity index (χ3n) is 6.10. The fraction of sp³-hybridized carbons (Fsp3) is 0.409. The van der Waals surface area contributed by atoms with Crippen molar-refractivity contribution in [1.29, 1.82) is 5.26 Å². The molecule has 0 radical (unpaired) electrons. The minimum Gasteiger partial charge on any atom is -0.507 e. The molecule has 2 atom stereocenters. The Labute approximate surface area is 169 Å². The molecule has 2 aliphatic heterocycles. The molecule has 2 fully saturated rings. The van der Waals surface area contributed by atoms with Crippen molar-refractivity contribution in [3.8, 4) is 23.1 Å². The number of aromatic nitrogens is 2. The lowest BCUT2D eigenvalue weighted by atomic mass is 9.97. The van der Waals surface area contributed by atoms with Gasteiger partial charge in [-0.25, -0.2) is 4.98 Å².